The van der Waals surface area contributed by atoms with Crippen molar-refractivity contribution in [2.75, 3.05) is 0 Å². The van der Waals surface area contributed by atoms with Crippen molar-refractivity contribution in [2.45, 2.75) is 30.2 Å². The minimum atomic E-state index is -0.450. The lowest BCUT2D eigenvalue weighted by atomic mass is 9.77. The van der Waals surface area contributed by atoms with Crippen LogP contribution in [0.5, 0.6) is 0 Å². The highest BCUT2D eigenvalue weighted by molar-refractivity contribution is 9.10. The molecule has 5 fully saturated rings. The van der Waals surface area contributed by atoms with E-state index in [1.165, 1.54) is 6.42 Å². The van der Waals surface area contributed by atoms with Gasteiger partial charge in [0.1, 0.15) is 0 Å². The Morgan fingerprint density at radius 2 is 1.77 bits per heavy atom. The lowest BCUT2D eigenvalue weighted by Gasteiger charge is -2.41. The van der Waals surface area contributed by atoms with Crippen LogP contribution in [0.15, 0.2) is 0 Å². The van der Waals surface area contributed by atoms with E-state index in [4.69, 9.17) is 0 Å². The summed E-state index contributed by atoms with van der Waals surface area (Å²) in [7, 11) is 0. The van der Waals surface area contributed by atoms with Crippen molar-refractivity contribution in [3.05, 3.63) is 0 Å². The van der Waals surface area contributed by atoms with E-state index >= 15 is 0 Å². The molecule has 5 aliphatic rings. The first-order chi connectivity index (χ1) is 5.98. The number of aliphatic hydroxyl groups is 1. The number of hydrogen-bond donors (Lipinski definition) is 1. The molecule has 0 aromatic carbocycles. The number of halogens is 1. The minimum absolute atomic E-state index is 0.00174. The van der Waals surface area contributed by atoms with Gasteiger partial charge in [0.15, 0.2) is 0 Å². The highest BCUT2D eigenvalue weighted by Crippen LogP contribution is 2.85. The zero-order chi connectivity index (χ0) is 9.17. The van der Waals surface area contributed by atoms with Crippen molar-refractivity contribution in [3.63, 3.8) is 0 Å². The van der Waals surface area contributed by atoms with Gasteiger partial charge in [-0.25, -0.2) is 0 Å². The molecule has 0 aromatic rings. The first-order valence-electron chi connectivity index (χ1n) is 5.39. The molecule has 72 valence electrons. The van der Waals surface area contributed by atoms with E-state index in [0.29, 0.717) is 5.92 Å². The van der Waals surface area contributed by atoms with Gasteiger partial charge in [-0.15, -0.1) is 0 Å². The minimum Gasteiger partial charge on any atom is -0.388 e. The summed E-state index contributed by atoms with van der Waals surface area (Å²) in [6, 6.07) is 0. The molecule has 1 nitrogen and oxygen atoms in total. The average Bonchev–Trinajstić information content (AvgIpc) is 2.47. The van der Waals surface area contributed by atoms with Gasteiger partial charge >= 0.3 is 0 Å². The summed E-state index contributed by atoms with van der Waals surface area (Å²) in [5, 5.41) is 10.6. The maximum atomic E-state index is 10.6. The third-order valence-electron chi connectivity index (χ3n) is 5.85. The summed E-state index contributed by atoms with van der Waals surface area (Å²) >= 11 is 3.81. The van der Waals surface area contributed by atoms with Crippen molar-refractivity contribution >= 4 is 15.9 Å². The third-order valence-corrected chi connectivity index (χ3v) is 7.18. The Labute approximate surface area is 87.0 Å². The Hall–Kier alpha value is 0.440. The van der Waals surface area contributed by atoms with E-state index in [1.807, 2.05) is 0 Å². The second-order valence-corrected chi connectivity index (χ2v) is 7.64. The number of alkyl halides is 1. The van der Waals surface area contributed by atoms with Crippen molar-refractivity contribution in [2.24, 2.45) is 35.5 Å². The predicted octanol–water partition coefficient (Wildman–Crippen LogP) is 2.03. The molecule has 5 rings (SSSR count). The molecule has 0 aromatic heterocycles. The lowest BCUT2D eigenvalue weighted by molar-refractivity contribution is -0.0240. The van der Waals surface area contributed by atoms with Crippen LogP contribution in [-0.4, -0.2) is 15.0 Å². The van der Waals surface area contributed by atoms with E-state index in [1.54, 1.807) is 0 Å². The summed E-state index contributed by atoms with van der Waals surface area (Å²) in [4.78, 5) is 0. The van der Waals surface area contributed by atoms with Crippen molar-refractivity contribution in [3.8, 4) is 0 Å². The molecular formula is C11H15BrO. The molecule has 5 aliphatic carbocycles. The Kier molecular flexibility index (Phi) is 0.975. The molecule has 0 radical (unpaired) electrons. The van der Waals surface area contributed by atoms with Gasteiger partial charge in [0.2, 0.25) is 0 Å². The molecular weight excluding hydrogens is 228 g/mol. The standard InChI is InChI=1S/C11H15BrO/c1-10(12)8-5-3-4-6(8)7(4)9(5)11(10,2)13/h4-9,13H,3H2,1-2H3. The summed E-state index contributed by atoms with van der Waals surface area (Å²) in [6.45, 7) is 4.26. The van der Waals surface area contributed by atoms with Gasteiger partial charge in [0.25, 0.3) is 0 Å². The van der Waals surface area contributed by atoms with Crippen LogP contribution in [0.4, 0.5) is 0 Å². The maximum absolute atomic E-state index is 10.6. The Bertz CT molecular complexity index is 281. The lowest BCUT2D eigenvalue weighted by Crippen LogP contribution is -2.50. The predicted molar refractivity (Wildman–Crippen MR) is 53.5 cm³/mol. The summed E-state index contributed by atoms with van der Waals surface area (Å²) in [5.74, 6) is 5.15. The Morgan fingerprint density at radius 3 is 2.23 bits per heavy atom. The fraction of sp³-hybridized carbons (Fsp3) is 1.00. The van der Waals surface area contributed by atoms with Crippen LogP contribution in [0.2, 0.25) is 0 Å². The van der Waals surface area contributed by atoms with E-state index in [-0.39, 0.29) is 4.32 Å². The van der Waals surface area contributed by atoms with Crippen LogP contribution in [0, 0.1) is 35.5 Å². The third kappa shape index (κ3) is 0.512. The molecule has 0 spiro atoms. The molecule has 8 atom stereocenters. The first kappa shape index (κ1) is 7.70. The molecule has 5 saturated carbocycles. The molecule has 6 bridgehead atoms. The largest absolute Gasteiger partial charge is 0.388 e. The average molecular weight is 243 g/mol. The molecule has 13 heavy (non-hydrogen) atoms. The van der Waals surface area contributed by atoms with Gasteiger partial charge in [-0.1, -0.05) is 15.9 Å². The van der Waals surface area contributed by atoms with Crippen LogP contribution in [0.3, 0.4) is 0 Å². The number of rotatable bonds is 0. The smallest absolute Gasteiger partial charge is 0.0805 e. The molecule has 0 aliphatic heterocycles. The van der Waals surface area contributed by atoms with Gasteiger partial charge in [0, 0.05) is 0 Å². The number of hydrogen-bond acceptors (Lipinski definition) is 1. The van der Waals surface area contributed by atoms with Crippen molar-refractivity contribution in [1.29, 1.82) is 0 Å². The van der Waals surface area contributed by atoms with Gasteiger partial charge in [0.05, 0.1) is 9.93 Å². The Balaban J connectivity index is 1.94. The zero-order valence-electron chi connectivity index (χ0n) is 8.00. The topological polar surface area (TPSA) is 20.2 Å². The normalized spacial score (nSPS) is 82.2. The van der Waals surface area contributed by atoms with E-state index < -0.39 is 5.60 Å². The molecule has 1 N–H and O–H groups in total. The van der Waals surface area contributed by atoms with E-state index in [9.17, 15) is 5.11 Å². The molecule has 0 saturated heterocycles. The quantitative estimate of drug-likeness (QED) is 0.645. The van der Waals surface area contributed by atoms with Crippen LogP contribution in [0.1, 0.15) is 20.3 Å². The highest BCUT2D eigenvalue weighted by atomic mass is 79.9. The first-order valence-corrected chi connectivity index (χ1v) is 6.18. The van der Waals surface area contributed by atoms with Crippen LogP contribution >= 0.6 is 15.9 Å². The van der Waals surface area contributed by atoms with E-state index in [2.05, 4.69) is 29.8 Å². The molecule has 2 heteroatoms. The Morgan fingerprint density at radius 1 is 1.15 bits per heavy atom. The highest BCUT2D eigenvalue weighted by Gasteiger charge is 2.85. The van der Waals surface area contributed by atoms with Crippen LogP contribution < -0.4 is 0 Å². The molecule has 0 heterocycles. The maximum Gasteiger partial charge on any atom is 0.0805 e. The summed E-state index contributed by atoms with van der Waals surface area (Å²) < 4.78 is 0.00174. The van der Waals surface area contributed by atoms with E-state index in [0.717, 1.165) is 29.6 Å². The second-order valence-electron chi connectivity index (χ2n) is 5.99. The fourth-order valence-electron chi connectivity index (χ4n) is 5.37. The van der Waals surface area contributed by atoms with Crippen molar-refractivity contribution in [1.82, 2.24) is 0 Å². The molecule has 0 amide bonds. The van der Waals surface area contributed by atoms with Gasteiger partial charge < -0.3 is 5.11 Å². The zero-order valence-corrected chi connectivity index (χ0v) is 9.58. The second kappa shape index (κ2) is 1.65. The van der Waals surface area contributed by atoms with Crippen LogP contribution in [-0.2, 0) is 0 Å². The van der Waals surface area contributed by atoms with Gasteiger partial charge in [-0.3, -0.25) is 0 Å². The SMILES string of the molecule is CC1(O)C2C3CC4C2C4C3C1(C)Br. The van der Waals surface area contributed by atoms with Crippen molar-refractivity contribution < 1.29 is 5.11 Å². The van der Waals surface area contributed by atoms with Crippen LogP contribution in [0.25, 0.3) is 0 Å². The molecule has 8 unspecified atom stereocenters. The summed E-state index contributed by atoms with van der Waals surface area (Å²) in [6.07, 6.45) is 1.42. The van der Waals surface area contributed by atoms with Gasteiger partial charge in [-0.2, -0.15) is 0 Å². The fourth-order valence-corrected chi connectivity index (χ4v) is 6.28. The summed E-state index contributed by atoms with van der Waals surface area (Å²) in [5.41, 5.74) is -0.450. The monoisotopic (exact) mass is 242 g/mol. The van der Waals surface area contributed by atoms with Gasteiger partial charge in [-0.05, 0) is 55.8 Å².